The van der Waals surface area contributed by atoms with E-state index in [1.54, 1.807) is 18.2 Å². The van der Waals surface area contributed by atoms with Crippen molar-refractivity contribution >= 4 is 46.8 Å². The fraction of sp³-hybridized carbons (Fsp3) is 0.200. The third-order valence-corrected chi connectivity index (χ3v) is 5.68. The summed E-state index contributed by atoms with van der Waals surface area (Å²) in [7, 11) is 1.41. The highest BCUT2D eigenvalue weighted by atomic mass is 32.2. The van der Waals surface area contributed by atoms with Crippen molar-refractivity contribution in [2.45, 2.75) is 16.6 Å². The zero-order valence-electron chi connectivity index (χ0n) is 16.3. The Morgan fingerprint density at radius 3 is 2.48 bits per heavy atom. The van der Waals surface area contributed by atoms with Crippen LogP contribution < -0.4 is 5.32 Å². The Balaban J connectivity index is 1.59. The number of nitro groups is 1. The maximum atomic E-state index is 12.5. The minimum Gasteiger partial charge on any atom is -0.452 e. The first-order valence-electron chi connectivity index (χ1n) is 9.04. The van der Waals surface area contributed by atoms with Crippen LogP contribution in [0.25, 0.3) is 0 Å². The standard InChI is InChI=1S/C20H17N3O7S/c1-22-18(25)10-16(19(22)26)31-15-5-3-2-4-14(15)20(27)30-11-17(24)21-12-6-8-13(9-7-12)23(28)29/h2-9,16H,10-11H2,1H3,(H,21,24). The summed E-state index contributed by atoms with van der Waals surface area (Å²) in [4.78, 5) is 59.9. The van der Waals surface area contributed by atoms with E-state index in [2.05, 4.69) is 5.32 Å². The van der Waals surface area contributed by atoms with E-state index in [9.17, 15) is 29.3 Å². The molecule has 1 fully saturated rings. The zero-order chi connectivity index (χ0) is 22.5. The van der Waals surface area contributed by atoms with Crippen LogP contribution in [-0.2, 0) is 19.1 Å². The predicted octanol–water partition coefficient (Wildman–Crippen LogP) is 2.24. The molecule has 10 nitrogen and oxygen atoms in total. The van der Waals surface area contributed by atoms with Crippen LogP contribution >= 0.6 is 11.8 Å². The average Bonchev–Trinajstić information content (AvgIpc) is 2.99. The quantitative estimate of drug-likeness (QED) is 0.298. The van der Waals surface area contributed by atoms with Crippen LogP contribution in [0.15, 0.2) is 53.4 Å². The Kier molecular flexibility index (Phi) is 6.65. The molecule has 0 aromatic heterocycles. The van der Waals surface area contributed by atoms with E-state index in [4.69, 9.17) is 4.74 Å². The normalized spacial score (nSPS) is 15.6. The minimum absolute atomic E-state index is 0.0427. The number of hydrogen-bond acceptors (Lipinski definition) is 8. The number of ether oxygens (including phenoxy) is 1. The van der Waals surface area contributed by atoms with Crippen LogP contribution in [0.5, 0.6) is 0 Å². The van der Waals surface area contributed by atoms with Crippen LogP contribution in [0.1, 0.15) is 16.8 Å². The molecule has 11 heteroatoms. The molecule has 1 heterocycles. The number of non-ortho nitro benzene ring substituents is 1. The maximum absolute atomic E-state index is 12.5. The number of benzene rings is 2. The highest BCUT2D eigenvalue weighted by molar-refractivity contribution is 8.00. The molecule has 0 bridgehead atoms. The number of carbonyl (C=O) groups is 4. The largest absolute Gasteiger partial charge is 0.452 e. The number of nitrogens with zero attached hydrogens (tertiary/aromatic N) is 2. The van der Waals surface area contributed by atoms with E-state index in [0.29, 0.717) is 10.6 Å². The molecule has 1 aliphatic rings. The minimum atomic E-state index is -0.757. The van der Waals surface area contributed by atoms with E-state index in [0.717, 1.165) is 16.7 Å². The molecule has 1 N–H and O–H groups in total. The SMILES string of the molecule is CN1C(=O)CC(Sc2ccccc2C(=O)OCC(=O)Nc2ccc([N+](=O)[O-])cc2)C1=O. The lowest BCUT2D eigenvalue weighted by Crippen LogP contribution is -2.26. The van der Waals surface area contributed by atoms with Crippen molar-refractivity contribution in [3.8, 4) is 0 Å². The fourth-order valence-corrected chi connectivity index (χ4v) is 4.00. The third kappa shape index (κ3) is 5.25. The topological polar surface area (TPSA) is 136 Å². The van der Waals surface area contributed by atoms with Gasteiger partial charge < -0.3 is 10.1 Å². The smallest absolute Gasteiger partial charge is 0.339 e. The van der Waals surface area contributed by atoms with Gasteiger partial charge in [0, 0.05) is 36.2 Å². The van der Waals surface area contributed by atoms with Gasteiger partial charge in [-0.1, -0.05) is 12.1 Å². The highest BCUT2D eigenvalue weighted by Gasteiger charge is 2.37. The zero-order valence-corrected chi connectivity index (χ0v) is 17.1. The number of carbonyl (C=O) groups excluding carboxylic acids is 4. The lowest BCUT2D eigenvalue weighted by atomic mass is 10.2. The summed E-state index contributed by atoms with van der Waals surface area (Å²) >= 11 is 1.09. The van der Waals surface area contributed by atoms with Gasteiger partial charge in [-0.2, -0.15) is 0 Å². The summed E-state index contributed by atoms with van der Waals surface area (Å²) in [6, 6.07) is 11.6. The van der Waals surface area contributed by atoms with Gasteiger partial charge >= 0.3 is 5.97 Å². The first-order chi connectivity index (χ1) is 14.8. The predicted molar refractivity (Wildman–Crippen MR) is 110 cm³/mol. The number of imide groups is 1. The van der Waals surface area contributed by atoms with Gasteiger partial charge in [0.2, 0.25) is 11.8 Å². The molecule has 1 saturated heterocycles. The first-order valence-corrected chi connectivity index (χ1v) is 9.91. The number of likely N-dealkylation sites (tertiary alicyclic amines) is 1. The monoisotopic (exact) mass is 443 g/mol. The Morgan fingerprint density at radius 2 is 1.87 bits per heavy atom. The van der Waals surface area contributed by atoms with Gasteiger partial charge in [-0.3, -0.25) is 29.4 Å². The fourth-order valence-electron chi connectivity index (χ4n) is 2.78. The Hall–Kier alpha value is -3.73. The van der Waals surface area contributed by atoms with E-state index < -0.39 is 28.7 Å². The van der Waals surface area contributed by atoms with E-state index in [1.807, 2.05) is 0 Å². The van der Waals surface area contributed by atoms with E-state index >= 15 is 0 Å². The number of esters is 1. The highest BCUT2D eigenvalue weighted by Crippen LogP contribution is 2.33. The Morgan fingerprint density at radius 1 is 1.19 bits per heavy atom. The van der Waals surface area contributed by atoms with Gasteiger partial charge in [0.25, 0.3) is 11.6 Å². The summed E-state index contributed by atoms with van der Waals surface area (Å²) in [6.45, 7) is -0.571. The molecule has 1 unspecified atom stereocenters. The van der Waals surface area contributed by atoms with Gasteiger partial charge in [-0.15, -0.1) is 11.8 Å². The number of nitrogens with one attached hydrogen (secondary N) is 1. The first kappa shape index (κ1) is 22.0. The van der Waals surface area contributed by atoms with Crippen molar-refractivity contribution in [2.24, 2.45) is 0 Å². The van der Waals surface area contributed by atoms with Crippen molar-refractivity contribution in [3.05, 3.63) is 64.2 Å². The van der Waals surface area contributed by atoms with E-state index in [-0.39, 0.29) is 29.5 Å². The van der Waals surface area contributed by atoms with Gasteiger partial charge in [-0.25, -0.2) is 4.79 Å². The molecule has 3 amide bonds. The van der Waals surface area contributed by atoms with Crippen molar-refractivity contribution in [3.63, 3.8) is 0 Å². The molecule has 1 aliphatic heterocycles. The number of hydrogen-bond donors (Lipinski definition) is 1. The summed E-state index contributed by atoms with van der Waals surface area (Å²) in [5, 5.41) is 12.5. The molecule has 0 aliphatic carbocycles. The molecule has 2 aromatic rings. The van der Waals surface area contributed by atoms with Crippen LogP contribution in [-0.4, -0.2) is 52.4 Å². The molecule has 1 atom stereocenters. The summed E-state index contributed by atoms with van der Waals surface area (Å²) in [6.07, 6.45) is 0.0427. The number of anilines is 1. The average molecular weight is 443 g/mol. The lowest BCUT2D eigenvalue weighted by Gasteiger charge is -2.12. The number of nitro benzene ring substituents is 1. The summed E-state index contributed by atoms with van der Waals surface area (Å²) in [5.74, 6) is -2.00. The molecule has 3 rings (SSSR count). The van der Waals surface area contributed by atoms with Crippen molar-refractivity contribution in [2.75, 3.05) is 19.0 Å². The van der Waals surface area contributed by atoms with Crippen molar-refractivity contribution in [1.29, 1.82) is 0 Å². The van der Waals surface area contributed by atoms with Gasteiger partial charge in [0.15, 0.2) is 6.61 Å². The maximum Gasteiger partial charge on any atom is 0.339 e. The lowest BCUT2D eigenvalue weighted by molar-refractivity contribution is -0.384. The van der Waals surface area contributed by atoms with Gasteiger partial charge in [0.05, 0.1) is 15.7 Å². The number of thioether (sulfide) groups is 1. The van der Waals surface area contributed by atoms with Gasteiger partial charge in [-0.05, 0) is 24.3 Å². The molecule has 160 valence electrons. The van der Waals surface area contributed by atoms with Crippen molar-refractivity contribution in [1.82, 2.24) is 4.90 Å². The Labute approximate surface area is 180 Å². The molecule has 2 aromatic carbocycles. The van der Waals surface area contributed by atoms with E-state index in [1.165, 1.54) is 37.4 Å². The molecule has 0 spiro atoms. The second-order valence-electron chi connectivity index (χ2n) is 6.53. The summed E-state index contributed by atoms with van der Waals surface area (Å²) in [5.41, 5.74) is 0.369. The summed E-state index contributed by atoms with van der Waals surface area (Å²) < 4.78 is 5.06. The second-order valence-corrected chi connectivity index (χ2v) is 7.77. The molecular formula is C20H17N3O7S. The Bertz CT molecular complexity index is 1050. The number of amides is 3. The second kappa shape index (κ2) is 9.39. The molecular weight excluding hydrogens is 426 g/mol. The number of rotatable bonds is 7. The molecule has 31 heavy (non-hydrogen) atoms. The van der Waals surface area contributed by atoms with Crippen LogP contribution in [0, 0.1) is 10.1 Å². The van der Waals surface area contributed by atoms with Gasteiger partial charge in [0.1, 0.15) is 0 Å². The van der Waals surface area contributed by atoms with Crippen LogP contribution in [0.3, 0.4) is 0 Å². The van der Waals surface area contributed by atoms with Crippen LogP contribution in [0.4, 0.5) is 11.4 Å². The van der Waals surface area contributed by atoms with Crippen molar-refractivity contribution < 1.29 is 28.8 Å². The van der Waals surface area contributed by atoms with Crippen LogP contribution in [0.2, 0.25) is 0 Å². The molecule has 0 saturated carbocycles. The third-order valence-electron chi connectivity index (χ3n) is 4.41. The molecule has 0 radical (unpaired) electrons.